The van der Waals surface area contributed by atoms with Crippen LogP contribution in [0, 0.1) is 0 Å². The van der Waals surface area contributed by atoms with Crippen LogP contribution in [0.25, 0.3) is 0 Å². The van der Waals surface area contributed by atoms with Gasteiger partial charge in [-0.25, -0.2) is 0 Å². The molecule has 6 heteroatoms. The highest BCUT2D eigenvalue weighted by atomic mass is 16.6. The van der Waals surface area contributed by atoms with Gasteiger partial charge in [0.1, 0.15) is 6.10 Å². The Labute approximate surface area is 105 Å². The summed E-state index contributed by atoms with van der Waals surface area (Å²) in [6, 6.07) is 0. The van der Waals surface area contributed by atoms with Crippen LogP contribution in [0.15, 0.2) is 0 Å². The van der Waals surface area contributed by atoms with Crippen molar-refractivity contribution in [3.63, 3.8) is 0 Å². The lowest BCUT2D eigenvalue weighted by Gasteiger charge is -2.35. The maximum absolute atomic E-state index is 10.6. The molecule has 5 atom stereocenters. The molecule has 104 valence electrons. The molecular weight excluding hydrogens is 240 g/mol. The summed E-state index contributed by atoms with van der Waals surface area (Å²) >= 11 is 0. The van der Waals surface area contributed by atoms with Crippen LogP contribution in [-0.2, 0) is 14.2 Å². The third kappa shape index (κ3) is 3.20. The van der Waals surface area contributed by atoms with Gasteiger partial charge in [0.25, 0.3) is 0 Å². The van der Waals surface area contributed by atoms with Crippen molar-refractivity contribution >= 4 is 0 Å². The molecule has 0 aromatic rings. The number of aliphatic hydroxyl groups excluding tert-OH is 2. The van der Waals surface area contributed by atoms with Gasteiger partial charge < -0.3 is 29.5 Å². The highest BCUT2D eigenvalue weighted by Crippen LogP contribution is 2.35. The Balaban J connectivity index is 1.60. The average Bonchev–Trinajstić information content (AvgIpc) is 3.08. The molecule has 0 aromatic carbocycles. The smallest absolute Gasteiger partial charge is 0.109 e. The fraction of sp³-hybridized carbons (Fsp3) is 1.00. The lowest BCUT2D eigenvalue weighted by molar-refractivity contribution is -0.139. The topological polar surface area (TPSA) is 98.3 Å². The first-order valence-electron chi connectivity index (χ1n) is 6.50. The summed E-state index contributed by atoms with van der Waals surface area (Å²) in [5, 5.41) is 30.8. The van der Waals surface area contributed by atoms with Crippen molar-refractivity contribution in [2.75, 3.05) is 19.8 Å². The predicted molar refractivity (Wildman–Crippen MR) is 60.0 cm³/mol. The maximum atomic E-state index is 10.6. The molecule has 3 N–H and O–H groups in total. The van der Waals surface area contributed by atoms with Gasteiger partial charge in [-0.1, -0.05) is 0 Å². The zero-order valence-electron chi connectivity index (χ0n) is 10.2. The van der Waals surface area contributed by atoms with E-state index in [2.05, 4.69) is 0 Å². The van der Waals surface area contributed by atoms with E-state index >= 15 is 0 Å². The second-order valence-electron chi connectivity index (χ2n) is 5.63. The van der Waals surface area contributed by atoms with Crippen LogP contribution >= 0.6 is 0 Å². The molecule has 0 aromatic heterocycles. The Bertz CT molecular complexity index is 283. The van der Waals surface area contributed by atoms with Crippen LogP contribution < -0.4 is 0 Å². The molecule has 0 aliphatic carbocycles. The van der Waals surface area contributed by atoms with Crippen LogP contribution in [0.2, 0.25) is 0 Å². The van der Waals surface area contributed by atoms with Crippen LogP contribution in [0.5, 0.6) is 0 Å². The summed E-state index contributed by atoms with van der Waals surface area (Å²) in [6.07, 6.45) is -1.10. The number of hydrogen-bond donors (Lipinski definition) is 3. The van der Waals surface area contributed by atoms with Crippen molar-refractivity contribution in [3.8, 4) is 0 Å². The molecule has 0 bridgehead atoms. The van der Waals surface area contributed by atoms with Gasteiger partial charge in [0, 0.05) is 19.3 Å². The van der Waals surface area contributed by atoms with E-state index in [0.717, 1.165) is 0 Å². The molecule has 0 spiro atoms. The van der Waals surface area contributed by atoms with Crippen LogP contribution in [0.1, 0.15) is 19.3 Å². The van der Waals surface area contributed by atoms with Gasteiger partial charge in [0.15, 0.2) is 0 Å². The molecule has 3 rings (SSSR count). The molecule has 3 saturated heterocycles. The second-order valence-corrected chi connectivity index (χ2v) is 5.63. The molecule has 3 heterocycles. The van der Waals surface area contributed by atoms with E-state index in [4.69, 9.17) is 14.2 Å². The fourth-order valence-electron chi connectivity index (χ4n) is 2.45. The largest absolute Gasteiger partial charge is 0.390 e. The quantitative estimate of drug-likeness (QED) is 0.474. The Morgan fingerprint density at radius 1 is 0.944 bits per heavy atom. The first-order chi connectivity index (χ1) is 8.57. The Kier molecular flexibility index (Phi) is 3.34. The van der Waals surface area contributed by atoms with Gasteiger partial charge in [-0.05, 0) is 0 Å². The first kappa shape index (κ1) is 12.8. The minimum absolute atomic E-state index is 0.00669. The van der Waals surface area contributed by atoms with Gasteiger partial charge in [0.2, 0.25) is 0 Å². The van der Waals surface area contributed by atoms with Crippen LogP contribution in [-0.4, -0.2) is 71.3 Å². The average molecular weight is 260 g/mol. The molecule has 6 nitrogen and oxygen atoms in total. The maximum Gasteiger partial charge on any atom is 0.109 e. The minimum atomic E-state index is -1.34. The number of ether oxygens (including phenoxy) is 3. The highest BCUT2D eigenvalue weighted by Gasteiger charge is 2.48. The van der Waals surface area contributed by atoms with E-state index in [1.165, 1.54) is 0 Å². The Morgan fingerprint density at radius 3 is 1.78 bits per heavy atom. The van der Waals surface area contributed by atoms with Crippen molar-refractivity contribution in [2.45, 2.75) is 55.4 Å². The summed E-state index contributed by atoms with van der Waals surface area (Å²) in [4.78, 5) is 0. The molecule has 3 fully saturated rings. The van der Waals surface area contributed by atoms with Crippen molar-refractivity contribution in [1.29, 1.82) is 0 Å². The molecule has 0 radical (unpaired) electrons. The Hall–Kier alpha value is -0.240. The lowest BCUT2D eigenvalue weighted by Crippen LogP contribution is -2.51. The van der Waals surface area contributed by atoms with Crippen molar-refractivity contribution in [3.05, 3.63) is 0 Å². The zero-order chi connectivity index (χ0) is 12.8. The second kappa shape index (κ2) is 4.70. The van der Waals surface area contributed by atoms with Gasteiger partial charge in [-0.15, -0.1) is 0 Å². The normalized spacial score (nSPS) is 39.8. The van der Waals surface area contributed by atoms with E-state index in [0.29, 0.717) is 39.1 Å². The minimum Gasteiger partial charge on any atom is -0.390 e. The fourth-order valence-corrected chi connectivity index (χ4v) is 2.45. The number of rotatable bonds is 8. The van der Waals surface area contributed by atoms with Crippen molar-refractivity contribution < 1.29 is 29.5 Å². The lowest BCUT2D eigenvalue weighted by atomic mass is 9.83. The van der Waals surface area contributed by atoms with Crippen LogP contribution in [0.4, 0.5) is 0 Å². The van der Waals surface area contributed by atoms with E-state index < -0.39 is 17.8 Å². The van der Waals surface area contributed by atoms with Crippen molar-refractivity contribution in [2.24, 2.45) is 0 Å². The molecular formula is C12H20O6. The number of hydrogen-bond acceptors (Lipinski definition) is 6. The SMILES string of the molecule is OC(CC1CO1)C(O)C(O)(CC1CO1)CC1CO1. The number of epoxide rings is 3. The third-order valence-electron chi connectivity index (χ3n) is 3.79. The van der Waals surface area contributed by atoms with Crippen LogP contribution in [0.3, 0.4) is 0 Å². The molecule has 3 aliphatic heterocycles. The molecule has 0 amide bonds. The molecule has 18 heavy (non-hydrogen) atoms. The number of aliphatic hydroxyl groups is 3. The molecule has 0 saturated carbocycles. The summed E-state index contributed by atoms with van der Waals surface area (Å²) in [7, 11) is 0. The summed E-state index contributed by atoms with van der Waals surface area (Å²) in [5.74, 6) is 0. The summed E-state index contributed by atoms with van der Waals surface area (Å²) in [5.41, 5.74) is -1.34. The zero-order valence-corrected chi connectivity index (χ0v) is 10.2. The standard InChI is InChI=1S/C12H20O6/c13-10(1-7-4-16-7)11(14)12(15,2-8-5-17-8)3-9-6-18-9/h7-11,13-15H,1-6H2. The van der Waals surface area contributed by atoms with Gasteiger partial charge in [-0.2, -0.15) is 0 Å². The monoisotopic (exact) mass is 260 g/mol. The van der Waals surface area contributed by atoms with E-state index in [-0.39, 0.29) is 18.3 Å². The van der Waals surface area contributed by atoms with Gasteiger partial charge in [-0.3, -0.25) is 0 Å². The predicted octanol–water partition coefficient (Wildman–Crippen LogP) is -1.19. The summed E-state index contributed by atoms with van der Waals surface area (Å²) in [6.45, 7) is 1.85. The van der Waals surface area contributed by atoms with E-state index in [1.807, 2.05) is 0 Å². The molecule has 3 aliphatic rings. The van der Waals surface area contributed by atoms with Crippen molar-refractivity contribution in [1.82, 2.24) is 0 Å². The molecule has 5 unspecified atom stereocenters. The van der Waals surface area contributed by atoms with E-state index in [9.17, 15) is 15.3 Å². The van der Waals surface area contributed by atoms with Gasteiger partial charge in [0.05, 0.1) is 49.8 Å². The summed E-state index contributed by atoms with van der Waals surface area (Å²) < 4.78 is 15.2. The third-order valence-corrected chi connectivity index (χ3v) is 3.79. The van der Waals surface area contributed by atoms with Gasteiger partial charge >= 0.3 is 0 Å². The highest BCUT2D eigenvalue weighted by molar-refractivity contribution is 4.99. The Morgan fingerprint density at radius 2 is 1.39 bits per heavy atom. The van der Waals surface area contributed by atoms with E-state index in [1.54, 1.807) is 0 Å². The first-order valence-corrected chi connectivity index (χ1v) is 6.50.